The zero-order chi connectivity index (χ0) is 7.52. The molecule has 0 aromatic carbocycles. The molecule has 11 heavy (non-hydrogen) atoms. The van der Waals surface area contributed by atoms with Crippen molar-refractivity contribution in [3.8, 4) is 0 Å². The maximum atomic E-state index is 3.43. The molecule has 2 aliphatic rings. The second-order valence-electron chi connectivity index (χ2n) is 3.33. The number of thioether (sulfide) groups is 1. The van der Waals surface area contributed by atoms with E-state index >= 15 is 0 Å². The summed E-state index contributed by atoms with van der Waals surface area (Å²) >= 11 is 2.08. The third-order valence-corrected chi connectivity index (χ3v) is 3.75. The third-order valence-electron chi connectivity index (χ3n) is 2.51. The average Bonchev–Trinajstić information content (AvgIpc) is 2.12. The predicted molar refractivity (Wildman–Crippen MR) is 50.2 cm³/mol. The van der Waals surface area contributed by atoms with Crippen LogP contribution in [0.15, 0.2) is 0 Å². The Morgan fingerprint density at radius 1 is 1.18 bits per heavy atom. The number of nitrogens with zero attached hydrogens (tertiary/aromatic N) is 1. The lowest BCUT2D eigenvalue weighted by Gasteiger charge is -2.36. The molecule has 1 N–H and O–H groups in total. The summed E-state index contributed by atoms with van der Waals surface area (Å²) in [6, 6.07) is 0.917. The van der Waals surface area contributed by atoms with Gasteiger partial charge in [0.1, 0.15) is 0 Å². The molecule has 2 rings (SSSR count). The van der Waals surface area contributed by atoms with Gasteiger partial charge in [0, 0.05) is 30.6 Å². The van der Waals surface area contributed by atoms with Crippen molar-refractivity contribution in [2.45, 2.75) is 12.5 Å². The highest BCUT2D eigenvalue weighted by Crippen LogP contribution is 2.23. The van der Waals surface area contributed by atoms with Gasteiger partial charge in [0.25, 0.3) is 0 Å². The molecule has 0 spiro atoms. The number of hydrogen-bond acceptors (Lipinski definition) is 3. The monoisotopic (exact) mass is 172 g/mol. The molecule has 2 nitrogen and oxygen atoms in total. The zero-order valence-corrected chi connectivity index (χ0v) is 7.70. The van der Waals surface area contributed by atoms with Crippen molar-refractivity contribution >= 4 is 11.8 Å². The van der Waals surface area contributed by atoms with Crippen molar-refractivity contribution in [3.63, 3.8) is 0 Å². The van der Waals surface area contributed by atoms with Gasteiger partial charge in [-0.1, -0.05) is 0 Å². The van der Waals surface area contributed by atoms with Gasteiger partial charge in [0.2, 0.25) is 0 Å². The summed E-state index contributed by atoms with van der Waals surface area (Å²) in [4.78, 5) is 2.65. The minimum atomic E-state index is 0.917. The Hall–Kier alpha value is 0.270. The van der Waals surface area contributed by atoms with Crippen LogP contribution < -0.4 is 5.32 Å². The molecule has 2 heterocycles. The highest BCUT2D eigenvalue weighted by Gasteiger charge is 2.25. The second-order valence-corrected chi connectivity index (χ2v) is 4.41. The van der Waals surface area contributed by atoms with Crippen molar-refractivity contribution < 1.29 is 0 Å². The van der Waals surface area contributed by atoms with Crippen LogP contribution in [0.2, 0.25) is 0 Å². The van der Waals surface area contributed by atoms with E-state index in [1.165, 1.54) is 44.1 Å². The van der Waals surface area contributed by atoms with Crippen molar-refractivity contribution in [2.24, 2.45) is 0 Å². The van der Waals surface area contributed by atoms with E-state index in [4.69, 9.17) is 0 Å². The summed E-state index contributed by atoms with van der Waals surface area (Å²) < 4.78 is 0. The largest absolute Gasteiger partial charge is 0.315 e. The molecule has 2 fully saturated rings. The highest BCUT2D eigenvalue weighted by atomic mass is 32.2. The van der Waals surface area contributed by atoms with E-state index in [1.54, 1.807) is 0 Å². The molecular formula is C8H16N2S. The van der Waals surface area contributed by atoms with Gasteiger partial charge in [-0.3, -0.25) is 4.90 Å². The van der Waals surface area contributed by atoms with E-state index in [0.29, 0.717) is 0 Å². The first kappa shape index (κ1) is 7.90. The molecule has 0 radical (unpaired) electrons. The Kier molecular flexibility index (Phi) is 2.72. The quantitative estimate of drug-likeness (QED) is 0.616. The van der Waals surface area contributed by atoms with Crippen molar-refractivity contribution in [2.75, 3.05) is 37.7 Å². The van der Waals surface area contributed by atoms with Gasteiger partial charge in [-0.25, -0.2) is 0 Å². The maximum Gasteiger partial charge on any atom is 0.0277 e. The van der Waals surface area contributed by atoms with Gasteiger partial charge in [0.15, 0.2) is 0 Å². The third kappa shape index (κ3) is 1.89. The van der Waals surface area contributed by atoms with Crippen LogP contribution in [0, 0.1) is 0 Å². The molecule has 2 saturated heterocycles. The van der Waals surface area contributed by atoms with E-state index < -0.39 is 0 Å². The van der Waals surface area contributed by atoms with Crippen LogP contribution in [0.1, 0.15) is 6.42 Å². The van der Waals surface area contributed by atoms with Gasteiger partial charge in [-0.2, -0.15) is 11.8 Å². The molecule has 0 saturated carbocycles. The van der Waals surface area contributed by atoms with Crippen molar-refractivity contribution in [1.82, 2.24) is 10.2 Å². The van der Waals surface area contributed by atoms with Crippen LogP contribution in [-0.2, 0) is 0 Å². The molecule has 3 heteroatoms. The number of nitrogens with one attached hydrogen (secondary N) is 1. The Bertz CT molecular complexity index is 117. The fourth-order valence-electron chi connectivity index (χ4n) is 1.67. The fraction of sp³-hybridized carbons (Fsp3) is 1.00. The first-order valence-electron chi connectivity index (χ1n) is 4.49. The van der Waals surface area contributed by atoms with E-state index in [2.05, 4.69) is 22.0 Å². The first-order chi connectivity index (χ1) is 5.47. The zero-order valence-electron chi connectivity index (χ0n) is 6.88. The number of hydrogen-bond donors (Lipinski definition) is 1. The van der Waals surface area contributed by atoms with Crippen LogP contribution in [0.4, 0.5) is 0 Å². The van der Waals surface area contributed by atoms with E-state index in [0.717, 1.165) is 6.04 Å². The van der Waals surface area contributed by atoms with Gasteiger partial charge in [-0.15, -0.1) is 0 Å². The Morgan fingerprint density at radius 3 is 2.82 bits per heavy atom. The van der Waals surface area contributed by atoms with Crippen molar-refractivity contribution in [1.29, 1.82) is 0 Å². The Balaban J connectivity index is 1.80. The molecular weight excluding hydrogens is 156 g/mol. The van der Waals surface area contributed by atoms with Gasteiger partial charge < -0.3 is 5.32 Å². The first-order valence-corrected chi connectivity index (χ1v) is 5.65. The topological polar surface area (TPSA) is 15.3 Å². The van der Waals surface area contributed by atoms with Crippen LogP contribution >= 0.6 is 11.8 Å². The average molecular weight is 172 g/mol. The summed E-state index contributed by atoms with van der Waals surface area (Å²) in [5.41, 5.74) is 0. The van der Waals surface area contributed by atoms with E-state index in [-0.39, 0.29) is 0 Å². The molecule has 64 valence electrons. The normalized spacial score (nSPS) is 29.5. The summed E-state index contributed by atoms with van der Waals surface area (Å²) in [6.45, 7) is 5.00. The van der Waals surface area contributed by atoms with Crippen LogP contribution in [0.25, 0.3) is 0 Å². The summed E-state index contributed by atoms with van der Waals surface area (Å²) in [5, 5.41) is 3.43. The molecule has 0 aromatic rings. The summed E-state index contributed by atoms with van der Waals surface area (Å²) in [5.74, 6) is 2.75. The molecule has 0 aliphatic carbocycles. The van der Waals surface area contributed by atoms with Crippen LogP contribution in [0.5, 0.6) is 0 Å². The SMILES string of the molecule is C1CNCCN(C2CSC2)C1. The lowest BCUT2D eigenvalue weighted by Crippen LogP contribution is -2.45. The minimum Gasteiger partial charge on any atom is -0.315 e. The van der Waals surface area contributed by atoms with Gasteiger partial charge in [-0.05, 0) is 19.5 Å². The van der Waals surface area contributed by atoms with Crippen LogP contribution in [0.3, 0.4) is 0 Å². The molecule has 0 unspecified atom stereocenters. The molecule has 2 aliphatic heterocycles. The predicted octanol–water partition coefficient (Wildman–Crippen LogP) is 0.397. The van der Waals surface area contributed by atoms with Gasteiger partial charge >= 0.3 is 0 Å². The highest BCUT2D eigenvalue weighted by molar-refractivity contribution is 8.00. The Labute approximate surface area is 72.7 Å². The lowest BCUT2D eigenvalue weighted by molar-refractivity contribution is 0.236. The molecule has 0 bridgehead atoms. The van der Waals surface area contributed by atoms with E-state index in [1.807, 2.05) is 0 Å². The number of rotatable bonds is 1. The maximum absolute atomic E-state index is 3.43. The van der Waals surface area contributed by atoms with Crippen LogP contribution in [-0.4, -0.2) is 48.6 Å². The van der Waals surface area contributed by atoms with Crippen molar-refractivity contribution in [3.05, 3.63) is 0 Å². The van der Waals surface area contributed by atoms with Gasteiger partial charge in [0.05, 0.1) is 0 Å². The minimum absolute atomic E-state index is 0.917. The Morgan fingerprint density at radius 2 is 2.09 bits per heavy atom. The smallest absolute Gasteiger partial charge is 0.0277 e. The molecule has 0 amide bonds. The lowest BCUT2D eigenvalue weighted by atomic mass is 10.3. The second kappa shape index (κ2) is 3.78. The molecule has 0 atom stereocenters. The van der Waals surface area contributed by atoms with E-state index in [9.17, 15) is 0 Å². The fourth-order valence-corrected chi connectivity index (χ4v) is 2.53. The standard InChI is InChI=1S/C8H16N2S/c1-2-9-3-5-10(4-1)8-6-11-7-8/h8-9H,1-7H2. The molecule has 0 aromatic heterocycles. The summed E-state index contributed by atoms with van der Waals surface area (Å²) in [6.07, 6.45) is 1.33. The summed E-state index contributed by atoms with van der Waals surface area (Å²) in [7, 11) is 0.